The number of anilines is 1. The fourth-order valence-electron chi connectivity index (χ4n) is 3.03. The van der Waals surface area contributed by atoms with Gasteiger partial charge < -0.3 is 14.8 Å². The summed E-state index contributed by atoms with van der Waals surface area (Å²) in [5, 5.41) is 8.25. The van der Waals surface area contributed by atoms with E-state index < -0.39 is 0 Å². The van der Waals surface area contributed by atoms with Crippen LogP contribution in [0.25, 0.3) is 5.69 Å². The first-order valence-electron chi connectivity index (χ1n) is 7.61. The van der Waals surface area contributed by atoms with Crippen LogP contribution in [-0.2, 0) is 12.8 Å². The third-order valence-corrected chi connectivity index (χ3v) is 3.99. The lowest BCUT2D eigenvalue weighted by Gasteiger charge is -2.19. The molecule has 0 fully saturated rings. The van der Waals surface area contributed by atoms with Gasteiger partial charge in [0.2, 0.25) is 0 Å². The summed E-state index contributed by atoms with van der Waals surface area (Å²) in [7, 11) is 0. The predicted octanol–water partition coefficient (Wildman–Crippen LogP) is 2.56. The Morgan fingerprint density at radius 1 is 1.24 bits per heavy atom. The van der Waals surface area contributed by atoms with E-state index in [9.17, 15) is 0 Å². The third-order valence-electron chi connectivity index (χ3n) is 3.99. The molecular weight excluding hydrogens is 266 g/mol. The van der Waals surface area contributed by atoms with Crippen LogP contribution in [-0.4, -0.2) is 29.5 Å². The molecule has 1 aromatic carbocycles. The molecular formula is C16H19N3O2. The van der Waals surface area contributed by atoms with Crippen LogP contribution in [0, 0.1) is 0 Å². The van der Waals surface area contributed by atoms with E-state index in [1.807, 2.05) is 22.9 Å². The molecule has 5 nitrogen and oxygen atoms in total. The number of benzene rings is 1. The van der Waals surface area contributed by atoms with Gasteiger partial charge in [0, 0.05) is 18.2 Å². The summed E-state index contributed by atoms with van der Waals surface area (Å²) in [5.74, 6) is 2.75. The van der Waals surface area contributed by atoms with Crippen LogP contribution in [0.15, 0.2) is 18.2 Å². The second-order valence-corrected chi connectivity index (χ2v) is 5.44. The Labute approximate surface area is 123 Å². The number of hydrogen-bond donors (Lipinski definition) is 1. The molecule has 110 valence electrons. The standard InChI is InChI=1S/C16H19N3O2/c1-2-3-13-12-6-7-17-16(12)19(18-13)11-4-5-14-15(10-11)21-9-8-20-14/h4-5,10,17H,2-3,6-9H2,1H3. The largest absolute Gasteiger partial charge is 0.486 e. The summed E-state index contributed by atoms with van der Waals surface area (Å²) in [4.78, 5) is 0. The zero-order chi connectivity index (χ0) is 14.2. The monoisotopic (exact) mass is 285 g/mol. The molecule has 0 aliphatic carbocycles. The highest BCUT2D eigenvalue weighted by Gasteiger charge is 2.23. The van der Waals surface area contributed by atoms with Gasteiger partial charge in [-0.25, -0.2) is 4.68 Å². The van der Waals surface area contributed by atoms with Crippen molar-refractivity contribution >= 4 is 5.82 Å². The number of aryl methyl sites for hydroxylation is 1. The molecule has 2 aliphatic heterocycles. The summed E-state index contributed by atoms with van der Waals surface area (Å²) in [6, 6.07) is 6.01. The van der Waals surface area contributed by atoms with Gasteiger partial charge in [0.25, 0.3) is 0 Å². The molecule has 2 aromatic rings. The number of aromatic nitrogens is 2. The van der Waals surface area contributed by atoms with Crippen LogP contribution >= 0.6 is 0 Å². The summed E-state index contributed by atoms with van der Waals surface area (Å²) in [5.41, 5.74) is 3.60. The molecule has 1 N–H and O–H groups in total. The minimum Gasteiger partial charge on any atom is -0.486 e. The van der Waals surface area contributed by atoms with Gasteiger partial charge in [0.15, 0.2) is 11.5 Å². The van der Waals surface area contributed by atoms with Crippen molar-refractivity contribution in [2.75, 3.05) is 25.1 Å². The Bertz CT molecular complexity index is 678. The van der Waals surface area contributed by atoms with E-state index in [4.69, 9.17) is 14.6 Å². The highest BCUT2D eigenvalue weighted by molar-refractivity contribution is 5.59. The molecule has 3 heterocycles. The zero-order valence-electron chi connectivity index (χ0n) is 12.2. The van der Waals surface area contributed by atoms with Gasteiger partial charge in [-0.3, -0.25) is 0 Å². The van der Waals surface area contributed by atoms with Gasteiger partial charge >= 0.3 is 0 Å². The predicted molar refractivity (Wildman–Crippen MR) is 80.7 cm³/mol. The highest BCUT2D eigenvalue weighted by Crippen LogP contribution is 2.35. The van der Waals surface area contributed by atoms with Crippen LogP contribution in [0.4, 0.5) is 5.82 Å². The summed E-state index contributed by atoms with van der Waals surface area (Å²) in [6.45, 7) is 4.41. The van der Waals surface area contributed by atoms with Gasteiger partial charge in [-0.15, -0.1) is 0 Å². The Hall–Kier alpha value is -2.17. The van der Waals surface area contributed by atoms with Gasteiger partial charge in [-0.1, -0.05) is 13.3 Å². The second kappa shape index (κ2) is 4.98. The van der Waals surface area contributed by atoms with Crippen LogP contribution in [0.3, 0.4) is 0 Å². The van der Waals surface area contributed by atoms with E-state index in [0.29, 0.717) is 13.2 Å². The van der Waals surface area contributed by atoms with Gasteiger partial charge in [-0.2, -0.15) is 5.10 Å². The molecule has 0 bridgehead atoms. The number of hydrogen-bond acceptors (Lipinski definition) is 4. The highest BCUT2D eigenvalue weighted by atomic mass is 16.6. The first-order valence-corrected chi connectivity index (χ1v) is 7.61. The van der Waals surface area contributed by atoms with Crippen LogP contribution in [0.1, 0.15) is 24.6 Å². The van der Waals surface area contributed by atoms with E-state index in [-0.39, 0.29) is 0 Å². The molecule has 2 aliphatic rings. The molecule has 5 heteroatoms. The van der Waals surface area contributed by atoms with Gasteiger partial charge in [-0.05, 0) is 25.0 Å². The first-order chi connectivity index (χ1) is 10.4. The van der Waals surface area contributed by atoms with Crippen LogP contribution in [0.5, 0.6) is 11.5 Å². The van der Waals surface area contributed by atoms with Crippen molar-refractivity contribution in [2.24, 2.45) is 0 Å². The maximum atomic E-state index is 5.67. The normalized spacial score (nSPS) is 15.7. The Morgan fingerprint density at radius 2 is 2.10 bits per heavy atom. The maximum Gasteiger partial charge on any atom is 0.163 e. The van der Waals surface area contributed by atoms with E-state index in [2.05, 4.69) is 12.2 Å². The van der Waals surface area contributed by atoms with Crippen molar-refractivity contribution in [3.8, 4) is 17.2 Å². The van der Waals surface area contributed by atoms with Crippen molar-refractivity contribution in [1.82, 2.24) is 9.78 Å². The zero-order valence-corrected chi connectivity index (χ0v) is 12.2. The topological polar surface area (TPSA) is 48.3 Å². The lowest BCUT2D eigenvalue weighted by atomic mass is 10.1. The van der Waals surface area contributed by atoms with E-state index >= 15 is 0 Å². The lowest BCUT2D eigenvalue weighted by Crippen LogP contribution is -2.15. The van der Waals surface area contributed by atoms with E-state index in [1.54, 1.807) is 0 Å². The minimum atomic E-state index is 0.604. The Balaban J connectivity index is 1.78. The third kappa shape index (κ3) is 2.04. The lowest BCUT2D eigenvalue weighted by molar-refractivity contribution is 0.171. The Kier molecular flexibility index (Phi) is 2.98. The van der Waals surface area contributed by atoms with Gasteiger partial charge in [0.05, 0.1) is 11.4 Å². The number of fused-ring (bicyclic) bond motifs is 2. The number of nitrogens with zero attached hydrogens (tertiary/aromatic N) is 2. The number of nitrogens with one attached hydrogen (secondary N) is 1. The molecule has 0 amide bonds. The van der Waals surface area contributed by atoms with Gasteiger partial charge in [0.1, 0.15) is 19.0 Å². The molecule has 0 radical (unpaired) electrons. The Morgan fingerprint density at radius 3 is 2.95 bits per heavy atom. The molecule has 0 atom stereocenters. The van der Waals surface area contributed by atoms with Crippen LogP contribution < -0.4 is 14.8 Å². The summed E-state index contributed by atoms with van der Waals surface area (Å²) >= 11 is 0. The molecule has 0 unspecified atom stereocenters. The smallest absolute Gasteiger partial charge is 0.163 e. The average molecular weight is 285 g/mol. The molecule has 0 spiro atoms. The maximum absolute atomic E-state index is 5.67. The van der Waals surface area contributed by atoms with E-state index in [1.165, 1.54) is 11.3 Å². The summed E-state index contributed by atoms with van der Waals surface area (Å²) in [6.07, 6.45) is 3.21. The summed E-state index contributed by atoms with van der Waals surface area (Å²) < 4.78 is 13.3. The second-order valence-electron chi connectivity index (χ2n) is 5.44. The van der Waals surface area contributed by atoms with Crippen molar-refractivity contribution in [3.63, 3.8) is 0 Å². The van der Waals surface area contributed by atoms with E-state index in [0.717, 1.165) is 48.8 Å². The van der Waals surface area contributed by atoms with Crippen molar-refractivity contribution in [1.29, 1.82) is 0 Å². The average Bonchev–Trinajstić information content (AvgIpc) is 3.11. The molecule has 1 aromatic heterocycles. The fraction of sp³-hybridized carbons (Fsp3) is 0.438. The SMILES string of the molecule is CCCc1nn(-c2ccc3c(c2)OCCO3)c2c1CCN2. The quantitative estimate of drug-likeness (QED) is 0.941. The number of rotatable bonds is 3. The van der Waals surface area contributed by atoms with Crippen molar-refractivity contribution in [3.05, 3.63) is 29.5 Å². The van der Waals surface area contributed by atoms with Crippen molar-refractivity contribution < 1.29 is 9.47 Å². The molecule has 4 rings (SSSR count). The molecule has 21 heavy (non-hydrogen) atoms. The van der Waals surface area contributed by atoms with Crippen LogP contribution in [0.2, 0.25) is 0 Å². The van der Waals surface area contributed by atoms with Crippen molar-refractivity contribution in [2.45, 2.75) is 26.2 Å². The molecule has 0 saturated heterocycles. The first kappa shape index (κ1) is 12.6. The fourth-order valence-corrected chi connectivity index (χ4v) is 3.03. The number of ether oxygens (including phenoxy) is 2. The molecule has 0 saturated carbocycles. The minimum absolute atomic E-state index is 0.604.